The van der Waals surface area contributed by atoms with Crippen molar-refractivity contribution in [2.75, 3.05) is 44.4 Å². The first-order valence-corrected chi connectivity index (χ1v) is 13.1. The van der Waals surface area contributed by atoms with Gasteiger partial charge in [0.25, 0.3) is 0 Å². The van der Waals surface area contributed by atoms with Crippen molar-refractivity contribution >= 4 is 34.3 Å². The second-order valence-electron chi connectivity index (χ2n) is 8.71. The Morgan fingerprint density at radius 1 is 1.17 bits per heavy atom. The first-order chi connectivity index (χ1) is 17.4. The molecule has 2 heterocycles. The van der Waals surface area contributed by atoms with Gasteiger partial charge in [0.1, 0.15) is 0 Å². The van der Waals surface area contributed by atoms with Gasteiger partial charge in [0.15, 0.2) is 11.5 Å². The van der Waals surface area contributed by atoms with E-state index < -0.39 is 0 Å². The molecular formula is C26H32N4O5S. The summed E-state index contributed by atoms with van der Waals surface area (Å²) in [5.41, 5.74) is 3.27. The number of anilines is 1. The van der Waals surface area contributed by atoms with Crippen LogP contribution < -0.4 is 14.8 Å². The number of likely N-dealkylation sites (tertiary alicyclic amines) is 1. The van der Waals surface area contributed by atoms with Gasteiger partial charge in [0.05, 0.1) is 38.6 Å². The number of piperidine rings is 1. The molecule has 9 nitrogen and oxygen atoms in total. The van der Waals surface area contributed by atoms with E-state index in [1.165, 1.54) is 16.8 Å². The zero-order valence-corrected chi connectivity index (χ0v) is 21.4. The molecule has 0 aromatic heterocycles. The minimum absolute atomic E-state index is 0.0816. The number of ether oxygens (including phenoxy) is 2. The third-order valence-electron chi connectivity index (χ3n) is 6.08. The maximum atomic E-state index is 12.5. The number of amides is 2. The van der Waals surface area contributed by atoms with Crippen molar-refractivity contribution < 1.29 is 24.2 Å². The second kappa shape index (κ2) is 12.2. The van der Waals surface area contributed by atoms with Crippen molar-refractivity contribution in [1.29, 1.82) is 0 Å². The van der Waals surface area contributed by atoms with Crippen LogP contribution in [0.3, 0.4) is 0 Å². The number of hydrogen-bond donors (Lipinski definition) is 2. The number of aliphatic hydroxyl groups is 1. The van der Waals surface area contributed by atoms with E-state index in [0.29, 0.717) is 55.5 Å². The third-order valence-corrected chi connectivity index (χ3v) is 6.95. The Labute approximate surface area is 215 Å². The summed E-state index contributed by atoms with van der Waals surface area (Å²) in [4.78, 5) is 27.0. The van der Waals surface area contributed by atoms with Crippen molar-refractivity contribution in [3.8, 4) is 11.5 Å². The van der Waals surface area contributed by atoms with Crippen LogP contribution in [0.15, 0.2) is 47.6 Å². The van der Waals surface area contributed by atoms with Gasteiger partial charge in [-0.3, -0.25) is 14.5 Å². The van der Waals surface area contributed by atoms with E-state index in [4.69, 9.17) is 9.47 Å². The van der Waals surface area contributed by atoms with Crippen molar-refractivity contribution in [2.45, 2.75) is 32.4 Å². The van der Waals surface area contributed by atoms with Crippen molar-refractivity contribution in [1.82, 2.24) is 9.91 Å². The van der Waals surface area contributed by atoms with Gasteiger partial charge in [-0.2, -0.15) is 5.10 Å². The number of hydrogen-bond acceptors (Lipinski definition) is 8. The Hall–Kier alpha value is -3.08. The fraction of sp³-hybridized carbons (Fsp3) is 0.423. The van der Waals surface area contributed by atoms with Crippen LogP contribution in [0.4, 0.5) is 10.5 Å². The van der Waals surface area contributed by atoms with Crippen molar-refractivity contribution in [2.24, 2.45) is 5.10 Å². The normalized spacial score (nSPS) is 17.0. The van der Waals surface area contributed by atoms with E-state index in [9.17, 15) is 14.7 Å². The predicted molar refractivity (Wildman–Crippen MR) is 141 cm³/mol. The highest BCUT2D eigenvalue weighted by atomic mass is 32.2. The molecule has 0 spiro atoms. The predicted octanol–water partition coefficient (Wildman–Crippen LogP) is 3.56. The summed E-state index contributed by atoms with van der Waals surface area (Å²) < 4.78 is 11.0. The van der Waals surface area contributed by atoms with E-state index in [0.717, 1.165) is 29.9 Å². The minimum Gasteiger partial charge on any atom is -0.493 e. The minimum atomic E-state index is -0.258. The van der Waals surface area contributed by atoms with Gasteiger partial charge in [-0.15, -0.1) is 0 Å². The largest absolute Gasteiger partial charge is 0.493 e. The SMILES string of the molecule is CCOc1cc(C2=NN(Cc3ccc(NC(=O)CN4CCC(O)CC4)cc3)C(=O)SC2)ccc1OC. The Morgan fingerprint density at radius 2 is 1.92 bits per heavy atom. The van der Waals surface area contributed by atoms with Gasteiger partial charge in [-0.25, -0.2) is 5.01 Å². The van der Waals surface area contributed by atoms with Gasteiger partial charge in [0.2, 0.25) is 5.91 Å². The van der Waals surface area contributed by atoms with Gasteiger partial charge in [-0.05, 0) is 55.7 Å². The number of aliphatic hydroxyl groups excluding tert-OH is 1. The fourth-order valence-electron chi connectivity index (χ4n) is 4.13. The fourth-order valence-corrected chi connectivity index (χ4v) is 4.87. The van der Waals surface area contributed by atoms with Crippen LogP contribution in [0.2, 0.25) is 0 Å². The van der Waals surface area contributed by atoms with E-state index in [2.05, 4.69) is 10.4 Å². The molecule has 0 saturated carbocycles. The van der Waals surface area contributed by atoms with Crippen LogP contribution >= 0.6 is 11.8 Å². The van der Waals surface area contributed by atoms with E-state index >= 15 is 0 Å². The van der Waals surface area contributed by atoms with Crippen LogP contribution in [0.25, 0.3) is 0 Å². The van der Waals surface area contributed by atoms with Crippen molar-refractivity contribution in [3.05, 3.63) is 53.6 Å². The zero-order chi connectivity index (χ0) is 25.5. The zero-order valence-electron chi connectivity index (χ0n) is 20.6. The monoisotopic (exact) mass is 512 g/mol. The average Bonchev–Trinajstić information content (AvgIpc) is 2.88. The maximum absolute atomic E-state index is 12.5. The Bertz CT molecular complexity index is 1100. The highest BCUT2D eigenvalue weighted by molar-refractivity contribution is 8.14. The number of rotatable bonds is 9. The lowest BCUT2D eigenvalue weighted by molar-refractivity contribution is -0.117. The molecule has 0 radical (unpaired) electrons. The quantitative estimate of drug-likeness (QED) is 0.529. The molecule has 2 N–H and O–H groups in total. The second-order valence-corrected chi connectivity index (χ2v) is 9.64. The van der Waals surface area contributed by atoms with E-state index in [1.807, 2.05) is 54.3 Å². The molecule has 2 aliphatic heterocycles. The number of nitrogens with zero attached hydrogens (tertiary/aromatic N) is 3. The summed E-state index contributed by atoms with van der Waals surface area (Å²) in [5, 5.41) is 18.5. The molecule has 1 fully saturated rings. The van der Waals surface area contributed by atoms with E-state index in [-0.39, 0.29) is 17.3 Å². The number of carbonyl (C=O) groups is 2. The number of benzene rings is 2. The van der Waals surface area contributed by atoms with Crippen LogP contribution in [0, 0.1) is 0 Å². The first-order valence-electron chi connectivity index (χ1n) is 12.1. The van der Waals surface area contributed by atoms with Gasteiger partial charge >= 0.3 is 5.24 Å². The van der Waals surface area contributed by atoms with E-state index in [1.54, 1.807) is 7.11 Å². The molecule has 2 aliphatic rings. The van der Waals surface area contributed by atoms with Gasteiger partial charge in [0, 0.05) is 30.1 Å². The Morgan fingerprint density at radius 3 is 2.61 bits per heavy atom. The Kier molecular flexibility index (Phi) is 8.84. The molecule has 10 heteroatoms. The van der Waals surface area contributed by atoms with Crippen LogP contribution in [0.1, 0.15) is 30.9 Å². The molecule has 0 atom stereocenters. The smallest absolute Gasteiger partial charge is 0.302 e. The van der Waals surface area contributed by atoms with Crippen LogP contribution in [-0.2, 0) is 11.3 Å². The summed E-state index contributed by atoms with van der Waals surface area (Å²) >= 11 is 1.21. The molecule has 2 aromatic rings. The molecule has 4 rings (SSSR count). The summed E-state index contributed by atoms with van der Waals surface area (Å²) in [5.74, 6) is 1.69. The molecule has 1 saturated heterocycles. The molecule has 36 heavy (non-hydrogen) atoms. The molecule has 0 aliphatic carbocycles. The molecule has 0 unspecified atom stereocenters. The first kappa shape index (κ1) is 26.0. The van der Waals surface area contributed by atoms with Crippen molar-refractivity contribution in [3.63, 3.8) is 0 Å². The molecule has 0 bridgehead atoms. The average molecular weight is 513 g/mol. The lowest BCUT2D eigenvalue weighted by Crippen LogP contribution is -2.40. The number of thioether (sulfide) groups is 1. The lowest BCUT2D eigenvalue weighted by atomic mass is 10.1. The maximum Gasteiger partial charge on any atom is 0.302 e. The summed E-state index contributed by atoms with van der Waals surface area (Å²) in [7, 11) is 1.60. The highest BCUT2D eigenvalue weighted by Crippen LogP contribution is 2.30. The molecule has 2 amide bonds. The highest BCUT2D eigenvalue weighted by Gasteiger charge is 2.23. The lowest BCUT2D eigenvalue weighted by Gasteiger charge is -2.28. The number of nitrogens with one attached hydrogen (secondary N) is 1. The number of methoxy groups -OCH3 is 1. The summed E-state index contributed by atoms with van der Waals surface area (Å²) in [6.45, 7) is 4.52. The van der Waals surface area contributed by atoms with Crippen LogP contribution in [0.5, 0.6) is 11.5 Å². The van der Waals surface area contributed by atoms with Gasteiger partial charge < -0.3 is 19.9 Å². The van der Waals surface area contributed by atoms with Crippen LogP contribution in [-0.4, -0.2) is 77.1 Å². The molecular weight excluding hydrogens is 480 g/mol. The summed E-state index contributed by atoms with van der Waals surface area (Å²) in [6.07, 6.45) is 1.14. The topological polar surface area (TPSA) is 104 Å². The third kappa shape index (κ3) is 6.77. The number of carbonyl (C=O) groups excluding carboxylic acids is 2. The molecule has 192 valence electrons. The Balaban J connectivity index is 1.38. The van der Waals surface area contributed by atoms with Gasteiger partial charge in [-0.1, -0.05) is 23.9 Å². The number of hydrazone groups is 1. The summed E-state index contributed by atoms with van der Waals surface area (Å²) in [6, 6.07) is 13.1. The standard InChI is InChI=1S/C26H32N4O5S/c1-3-35-24-14-19(6-9-23(24)34-2)22-17-36-26(33)30(28-22)15-18-4-7-20(8-5-18)27-25(32)16-29-12-10-21(31)11-13-29/h4-9,14,21,31H,3,10-13,15-17H2,1-2H3,(H,27,32). The molecule has 2 aromatic carbocycles.